The molecule has 1 heterocycles. The average molecular weight is 830 g/mol. The van der Waals surface area contributed by atoms with Crippen LogP contribution in [0.3, 0.4) is 0 Å². The molecule has 1 aliphatic carbocycles. The van der Waals surface area contributed by atoms with Crippen molar-refractivity contribution in [2.75, 3.05) is 5.32 Å². The van der Waals surface area contributed by atoms with E-state index < -0.39 is 0 Å². The smallest absolute Gasteiger partial charge is 0.0788 e. The number of hydrogen-bond donors (Lipinski definition) is 1. The number of allylic oxidation sites excluding steroid dienone is 3. The van der Waals surface area contributed by atoms with Gasteiger partial charge in [0.1, 0.15) is 0 Å². The fraction of sp³-hybridized carbons (Fsp3) is 0.148. The van der Waals surface area contributed by atoms with Gasteiger partial charge in [-0.05, 0) is 107 Å². The first kappa shape index (κ1) is 42.0. The SMILES string of the molecule is CC1=CCCC=C1N=C(c1ccc(-c2cc(-c3ccc(C(C)Nc4ccccc4C)cc3)c(-c3ccc(-c4ccccc4)cc3)nc2-c2ccc(-c3ccccc3)cc2)cc1)C(C)C. The Morgan fingerprint density at radius 1 is 0.484 bits per heavy atom. The van der Waals surface area contributed by atoms with Crippen LogP contribution >= 0.6 is 0 Å². The molecule has 314 valence electrons. The monoisotopic (exact) mass is 829 g/mol. The molecule has 0 fully saturated rings. The number of para-hydroxylation sites is 1. The largest absolute Gasteiger partial charge is 0.378 e. The van der Waals surface area contributed by atoms with Gasteiger partial charge in [0.2, 0.25) is 0 Å². The lowest BCUT2D eigenvalue weighted by Crippen LogP contribution is -2.10. The second-order valence-corrected chi connectivity index (χ2v) is 17.3. The van der Waals surface area contributed by atoms with E-state index in [1.807, 2.05) is 0 Å². The van der Waals surface area contributed by atoms with Crippen molar-refractivity contribution >= 4 is 11.4 Å². The number of pyridine rings is 1. The Labute approximate surface area is 379 Å². The maximum Gasteiger partial charge on any atom is 0.0788 e. The average Bonchev–Trinajstić information content (AvgIpc) is 3.35. The van der Waals surface area contributed by atoms with E-state index in [-0.39, 0.29) is 12.0 Å². The topological polar surface area (TPSA) is 37.3 Å². The van der Waals surface area contributed by atoms with Crippen molar-refractivity contribution in [1.82, 2.24) is 4.98 Å². The van der Waals surface area contributed by atoms with Crippen molar-refractivity contribution in [3.63, 3.8) is 0 Å². The van der Waals surface area contributed by atoms with Crippen molar-refractivity contribution in [3.8, 4) is 67.0 Å². The number of aromatic nitrogens is 1. The molecule has 0 aliphatic heterocycles. The highest BCUT2D eigenvalue weighted by Crippen LogP contribution is 2.41. The van der Waals surface area contributed by atoms with Gasteiger partial charge >= 0.3 is 0 Å². The molecule has 0 spiro atoms. The predicted octanol–water partition coefficient (Wildman–Crippen LogP) is 16.6. The first-order valence-corrected chi connectivity index (χ1v) is 22.6. The molecule has 3 nitrogen and oxygen atoms in total. The number of anilines is 1. The van der Waals surface area contributed by atoms with Gasteiger partial charge < -0.3 is 5.32 Å². The molecule has 1 N–H and O–H groups in total. The van der Waals surface area contributed by atoms with Crippen molar-refractivity contribution in [1.29, 1.82) is 0 Å². The summed E-state index contributed by atoms with van der Waals surface area (Å²) in [6.07, 6.45) is 6.69. The Kier molecular flexibility index (Phi) is 12.4. The summed E-state index contributed by atoms with van der Waals surface area (Å²) < 4.78 is 0. The normalized spacial score (nSPS) is 13.3. The van der Waals surface area contributed by atoms with Crippen LogP contribution in [-0.2, 0) is 0 Å². The zero-order chi connectivity index (χ0) is 44.0. The van der Waals surface area contributed by atoms with E-state index in [4.69, 9.17) is 9.98 Å². The van der Waals surface area contributed by atoms with Gasteiger partial charge in [-0.15, -0.1) is 0 Å². The van der Waals surface area contributed by atoms with Crippen LogP contribution in [0.15, 0.2) is 216 Å². The summed E-state index contributed by atoms with van der Waals surface area (Å²) in [6.45, 7) is 11.0. The Morgan fingerprint density at radius 2 is 0.938 bits per heavy atom. The van der Waals surface area contributed by atoms with Gasteiger partial charge in [0, 0.05) is 34.0 Å². The van der Waals surface area contributed by atoms with Crippen LogP contribution in [0.1, 0.15) is 63.3 Å². The molecule has 1 aliphatic rings. The molecular weight excluding hydrogens is 775 g/mol. The Bertz CT molecular complexity index is 2960. The van der Waals surface area contributed by atoms with E-state index in [9.17, 15) is 0 Å². The first-order valence-electron chi connectivity index (χ1n) is 22.6. The second kappa shape index (κ2) is 18.9. The van der Waals surface area contributed by atoms with E-state index in [0.29, 0.717) is 0 Å². The van der Waals surface area contributed by atoms with Crippen molar-refractivity contribution in [3.05, 3.63) is 228 Å². The van der Waals surface area contributed by atoms with Gasteiger partial charge in [-0.1, -0.05) is 202 Å². The molecule has 7 aromatic carbocycles. The van der Waals surface area contributed by atoms with Crippen molar-refractivity contribution in [2.45, 2.75) is 53.5 Å². The summed E-state index contributed by atoms with van der Waals surface area (Å²) in [4.78, 5) is 11.0. The molecule has 1 aromatic heterocycles. The van der Waals surface area contributed by atoms with E-state index in [0.717, 1.165) is 80.3 Å². The second-order valence-electron chi connectivity index (χ2n) is 17.3. The minimum Gasteiger partial charge on any atom is -0.378 e. The summed E-state index contributed by atoms with van der Waals surface area (Å²) in [5, 5.41) is 3.73. The van der Waals surface area contributed by atoms with Crippen molar-refractivity contribution < 1.29 is 0 Å². The summed E-state index contributed by atoms with van der Waals surface area (Å²) >= 11 is 0. The lowest BCUT2D eigenvalue weighted by atomic mass is 9.89. The standard InChI is InChI=1S/C61H55N3/c1-41(2)59(63-58-23-15-13-17-43(58)4)52-38-32-51(33-39-52)56-40-55(50-30-24-45(25-31-50)44(5)62-57-22-14-12-16-42(57)3)60(53-34-26-48(27-35-53)46-18-8-6-9-19-46)64-61(56)54-36-28-49(29-37-54)47-20-10-7-11-21-47/h6-12,14,16-41,44,62H,13,15H2,1-5H3. The molecule has 64 heavy (non-hydrogen) atoms. The minimum absolute atomic E-state index is 0.127. The third-order valence-electron chi connectivity index (χ3n) is 12.4. The molecule has 0 saturated carbocycles. The number of rotatable bonds is 12. The van der Waals surface area contributed by atoms with E-state index >= 15 is 0 Å². The van der Waals surface area contributed by atoms with Gasteiger partial charge in [-0.25, -0.2) is 4.98 Å². The van der Waals surface area contributed by atoms with Gasteiger partial charge in [0.25, 0.3) is 0 Å². The van der Waals surface area contributed by atoms with Crippen LogP contribution in [0.25, 0.3) is 67.0 Å². The van der Waals surface area contributed by atoms with Crippen LogP contribution in [0.2, 0.25) is 0 Å². The summed E-state index contributed by atoms with van der Waals surface area (Å²) in [7, 11) is 0. The lowest BCUT2D eigenvalue weighted by molar-refractivity contribution is 0.878. The van der Waals surface area contributed by atoms with Crippen LogP contribution in [0.4, 0.5) is 5.69 Å². The highest BCUT2D eigenvalue weighted by molar-refractivity contribution is 6.03. The number of hydrogen-bond acceptors (Lipinski definition) is 3. The van der Waals surface area contributed by atoms with Gasteiger partial charge in [-0.2, -0.15) is 0 Å². The molecule has 0 radical (unpaired) electrons. The van der Waals surface area contributed by atoms with Crippen LogP contribution < -0.4 is 5.32 Å². The number of aryl methyl sites for hydroxylation is 1. The molecule has 8 aromatic rings. The van der Waals surface area contributed by atoms with Gasteiger partial charge in [-0.3, -0.25) is 4.99 Å². The third kappa shape index (κ3) is 9.21. The maximum absolute atomic E-state index is 5.72. The minimum atomic E-state index is 0.127. The maximum atomic E-state index is 5.72. The highest BCUT2D eigenvalue weighted by Gasteiger charge is 2.20. The predicted molar refractivity (Wildman–Crippen MR) is 273 cm³/mol. The zero-order valence-electron chi connectivity index (χ0n) is 37.5. The van der Waals surface area contributed by atoms with Crippen LogP contribution in [-0.4, -0.2) is 10.7 Å². The fourth-order valence-corrected chi connectivity index (χ4v) is 8.70. The van der Waals surface area contributed by atoms with Crippen LogP contribution in [0.5, 0.6) is 0 Å². The Balaban J connectivity index is 1.19. The lowest BCUT2D eigenvalue weighted by Gasteiger charge is -2.20. The molecule has 0 saturated heterocycles. The van der Waals surface area contributed by atoms with Crippen LogP contribution in [0, 0.1) is 12.8 Å². The molecular formula is C61H55N3. The van der Waals surface area contributed by atoms with E-state index in [1.54, 1.807) is 0 Å². The summed E-state index contributed by atoms with van der Waals surface area (Å²) in [6, 6.07) is 67.9. The number of benzene rings is 7. The Morgan fingerprint density at radius 3 is 1.45 bits per heavy atom. The van der Waals surface area contributed by atoms with Gasteiger partial charge in [0.15, 0.2) is 0 Å². The van der Waals surface area contributed by atoms with Gasteiger partial charge in [0.05, 0.1) is 22.8 Å². The zero-order valence-corrected chi connectivity index (χ0v) is 37.5. The molecule has 0 amide bonds. The summed E-state index contributed by atoms with van der Waals surface area (Å²) in [5.41, 5.74) is 21.3. The highest BCUT2D eigenvalue weighted by atomic mass is 14.9. The first-order chi connectivity index (χ1) is 31.3. The molecule has 0 bridgehead atoms. The quantitative estimate of drug-likeness (QED) is 0.125. The van der Waals surface area contributed by atoms with E-state index in [2.05, 4.69) is 240 Å². The molecule has 3 heteroatoms. The van der Waals surface area contributed by atoms with E-state index in [1.165, 1.54) is 39.0 Å². The molecule has 9 rings (SSSR count). The summed E-state index contributed by atoms with van der Waals surface area (Å²) in [5.74, 6) is 0.263. The third-order valence-corrected chi connectivity index (χ3v) is 12.4. The Hall–Kier alpha value is -7.36. The molecule has 1 atom stereocenters. The number of nitrogens with one attached hydrogen (secondary N) is 1. The number of aliphatic imine (C=N–C) groups is 1. The number of nitrogens with zero attached hydrogens (tertiary/aromatic N) is 2. The van der Waals surface area contributed by atoms with Crippen molar-refractivity contribution in [2.24, 2.45) is 10.9 Å². The molecule has 1 unspecified atom stereocenters. The fourth-order valence-electron chi connectivity index (χ4n) is 8.70.